The first-order valence-electron chi connectivity index (χ1n) is 7.13. The Balaban J connectivity index is 2.49. The number of rotatable bonds is 8. The van der Waals surface area contributed by atoms with Crippen LogP contribution in [0.4, 0.5) is 0 Å². The molecule has 1 rings (SSSR count). The summed E-state index contributed by atoms with van der Waals surface area (Å²) >= 11 is 0. The number of phenolic OH excluding ortho intramolecular Hbond substituents is 1. The van der Waals surface area contributed by atoms with Crippen LogP contribution < -0.4 is 5.32 Å². The Morgan fingerprint density at radius 2 is 1.90 bits per heavy atom. The number of carboxylic acids is 1. The zero-order valence-corrected chi connectivity index (χ0v) is 12.5. The van der Waals surface area contributed by atoms with Gasteiger partial charge in [-0.25, -0.2) is 0 Å². The smallest absolute Gasteiger partial charge is 0.303 e. The second-order valence-electron chi connectivity index (χ2n) is 5.70. The highest BCUT2D eigenvalue weighted by atomic mass is 16.4. The molecule has 1 unspecified atom stereocenters. The summed E-state index contributed by atoms with van der Waals surface area (Å²) in [5.74, 6) is -0.664. The molecule has 0 aromatic heterocycles. The molecule has 21 heavy (non-hydrogen) atoms. The van der Waals surface area contributed by atoms with Crippen LogP contribution in [0.15, 0.2) is 24.3 Å². The van der Waals surface area contributed by atoms with Crippen molar-refractivity contribution < 1.29 is 19.8 Å². The van der Waals surface area contributed by atoms with Crippen molar-refractivity contribution in [3.8, 4) is 5.75 Å². The summed E-state index contributed by atoms with van der Waals surface area (Å²) in [7, 11) is 0. The number of para-hydroxylation sites is 1. The highest BCUT2D eigenvalue weighted by Crippen LogP contribution is 2.17. The van der Waals surface area contributed by atoms with Crippen molar-refractivity contribution in [2.75, 3.05) is 6.54 Å². The molecule has 0 fully saturated rings. The van der Waals surface area contributed by atoms with Crippen molar-refractivity contribution in [2.24, 2.45) is 11.8 Å². The normalized spacial score (nSPS) is 12.1. The number of carbonyl (C=O) groups is 2. The van der Waals surface area contributed by atoms with Crippen LogP contribution >= 0.6 is 0 Å². The maximum absolute atomic E-state index is 11.9. The molecule has 0 aliphatic carbocycles. The molecular formula is C16H23NO4. The highest BCUT2D eigenvalue weighted by Gasteiger charge is 2.16. The maximum Gasteiger partial charge on any atom is 0.303 e. The van der Waals surface area contributed by atoms with Gasteiger partial charge >= 0.3 is 5.97 Å². The average Bonchev–Trinajstić information content (AvgIpc) is 2.37. The fraction of sp³-hybridized carbons (Fsp3) is 0.500. The molecule has 0 aliphatic rings. The van der Waals surface area contributed by atoms with Crippen LogP contribution in [-0.4, -0.2) is 28.6 Å². The summed E-state index contributed by atoms with van der Waals surface area (Å²) in [5.41, 5.74) is 0.564. The maximum atomic E-state index is 11.9. The number of nitrogens with one attached hydrogen (secondary N) is 1. The summed E-state index contributed by atoms with van der Waals surface area (Å²) < 4.78 is 0. The van der Waals surface area contributed by atoms with Gasteiger partial charge in [0.2, 0.25) is 5.91 Å². The molecule has 5 heteroatoms. The molecule has 0 aliphatic heterocycles. The van der Waals surface area contributed by atoms with E-state index in [2.05, 4.69) is 5.32 Å². The van der Waals surface area contributed by atoms with E-state index in [4.69, 9.17) is 5.11 Å². The van der Waals surface area contributed by atoms with E-state index in [1.165, 1.54) is 6.07 Å². The third-order valence-electron chi connectivity index (χ3n) is 3.20. The number of benzene rings is 1. The number of phenols is 1. The van der Waals surface area contributed by atoms with Gasteiger partial charge in [0, 0.05) is 18.5 Å². The van der Waals surface area contributed by atoms with Crippen molar-refractivity contribution in [3.05, 3.63) is 29.8 Å². The first kappa shape index (κ1) is 17.0. The first-order valence-corrected chi connectivity index (χ1v) is 7.13. The van der Waals surface area contributed by atoms with Crippen molar-refractivity contribution >= 4 is 11.9 Å². The van der Waals surface area contributed by atoms with E-state index < -0.39 is 5.97 Å². The number of aliphatic carboxylic acids is 1. The summed E-state index contributed by atoms with van der Waals surface area (Å²) in [4.78, 5) is 22.7. The number of hydrogen-bond acceptors (Lipinski definition) is 3. The molecule has 1 aromatic rings. The Hall–Kier alpha value is -2.04. The third kappa shape index (κ3) is 6.79. The zero-order chi connectivity index (χ0) is 15.8. The van der Waals surface area contributed by atoms with E-state index in [1.54, 1.807) is 18.2 Å². The molecule has 3 N–H and O–H groups in total. The van der Waals surface area contributed by atoms with Gasteiger partial charge in [0.15, 0.2) is 0 Å². The van der Waals surface area contributed by atoms with E-state index in [0.29, 0.717) is 18.0 Å². The number of amides is 1. The summed E-state index contributed by atoms with van der Waals surface area (Å²) in [6.45, 7) is 4.40. The number of hydrogen-bond donors (Lipinski definition) is 3. The van der Waals surface area contributed by atoms with Crippen LogP contribution in [0.1, 0.15) is 32.3 Å². The fourth-order valence-electron chi connectivity index (χ4n) is 2.31. The number of aromatic hydroxyl groups is 1. The van der Waals surface area contributed by atoms with Gasteiger partial charge in [-0.2, -0.15) is 0 Å². The molecule has 0 bridgehead atoms. The van der Waals surface area contributed by atoms with Gasteiger partial charge in [0.25, 0.3) is 0 Å². The van der Waals surface area contributed by atoms with E-state index in [9.17, 15) is 14.7 Å². The van der Waals surface area contributed by atoms with Gasteiger partial charge in [0.1, 0.15) is 5.75 Å². The standard InChI is InChI=1S/C16H23NO4/c1-11(2)7-12(8-16(20)21)10-17-15(19)9-13-5-3-4-6-14(13)18/h3-6,11-12,18H,7-10H2,1-2H3,(H,17,19)(H,20,21). The van der Waals surface area contributed by atoms with Gasteiger partial charge < -0.3 is 15.5 Å². The molecule has 0 saturated carbocycles. The lowest BCUT2D eigenvalue weighted by molar-refractivity contribution is -0.138. The highest BCUT2D eigenvalue weighted by molar-refractivity contribution is 5.79. The minimum Gasteiger partial charge on any atom is -0.508 e. The minimum atomic E-state index is -0.851. The minimum absolute atomic E-state index is 0.0506. The van der Waals surface area contributed by atoms with Crippen molar-refractivity contribution in [1.29, 1.82) is 0 Å². The van der Waals surface area contributed by atoms with E-state index in [-0.39, 0.29) is 30.4 Å². The van der Waals surface area contributed by atoms with Crippen LogP contribution in [0, 0.1) is 11.8 Å². The second-order valence-corrected chi connectivity index (χ2v) is 5.70. The molecular weight excluding hydrogens is 270 g/mol. The van der Waals surface area contributed by atoms with Gasteiger partial charge in [-0.3, -0.25) is 9.59 Å². The summed E-state index contributed by atoms with van der Waals surface area (Å²) in [6.07, 6.45) is 0.895. The van der Waals surface area contributed by atoms with E-state index in [1.807, 2.05) is 13.8 Å². The summed E-state index contributed by atoms with van der Waals surface area (Å²) in [6, 6.07) is 6.68. The number of carboxylic acid groups (broad SMARTS) is 1. The lowest BCUT2D eigenvalue weighted by Crippen LogP contribution is -2.32. The van der Waals surface area contributed by atoms with E-state index in [0.717, 1.165) is 6.42 Å². The quantitative estimate of drug-likeness (QED) is 0.685. The molecule has 1 amide bonds. The molecule has 116 valence electrons. The first-order chi connectivity index (χ1) is 9.88. The lowest BCUT2D eigenvalue weighted by atomic mass is 9.94. The van der Waals surface area contributed by atoms with Crippen LogP contribution in [0.3, 0.4) is 0 Å². The second kappa shape index (κ2) is 8.29. The molecule has 0 saturated heterocycles. The van der Waals surface area contributed by atoms with E-state index >= 15 is 0 Å². The summed E-state index contributed by atoms with van der Waals surface area (Å²) in [5, 5.41) is 21.3. The monoisotopic (exact) mass is 293 g/mol. The molecule has 5 nitrogen and oxygen atoms in total. The van der Waals surface area contributed by atoms with Crippen molar-refractivity contribution in [2.45, 2.75) is 33.1 Å². The van der Waals surface area contributed by atoms with Crippen LogP contribution in [-0.2, 0) is 16.0 Å². The molecule has 0 radical (unpaired) electrons. The molecule has 1 aromatic carbocycles. The van der Waals surface area contributed by atoms with Crippen molar-refractivity contribution in [1.82, 2.24) is 5.32 Å². The lowest BCUT2D eigenvalue weighted by Gasteiger charge is -2.17. The Morgan fingerprint density at radius 3 is 2.48 bits per heavy atom. The van der Waals surface area contributed by atoms with Crippen LogP contribution in [0.2, 0.25) is 0 Å². The molecule has 1 atom stereocenters. The Labute approximate surface area is 125 Å². The SMILES string of the molecule is CC(C)CC(CNC(=O)Cc1ccccc1O)CC(=O)O. The Kier molecular flexibility index (Phi) is 6.72. The molecule has 0 heterocycles. The number of carbonyl (C=O) groups excluding carboxylic acids is 1. The van der Waals surface area contributed by atoms with Gasteiger partial charge in [-0.15, -0.1) is 0 Å². The van der Waals surface area contributed by atoms with Gasteiger partial charge in [0.05, 0.1) is 6.42 Å². The predicted molar refractivity (Wildman–Crippen MR) is 80.0 cm³/mol. The average molecular weight is 293 g/mol. The van der Waals surface area contributed by atoms with Crippen molar-refractivity contribution in [3.63, 3.8) is 0 Å². The topological polar surface area (TPSA) is 86.6 Å². The van der Waals surface area contributed by atoms with Crippen LogP contribution in [0.25, 0.3) is 0 Å². The fourth-order valence-corrected chi connectivity index (χ4v) is 2.31. The predicted octanol–water partition coefficient (Wildman–Crippen LogP) is 2.19. The Morgan fingerprint density at radius 1 is 1.24 bits per heavy atom. The Bertz CT molecular complexity index is 485. The largest absolute Gasteiger partial charge is 0.508 e. The third-order valence-corrected chi connectivity index (χ3v) is 3.20. The zero-order valence-electron chi connectivity index (χ0n) is 12.5. The van der Waals surface area contributed by atoms with Gasteiger partial charge in [-0.1, -0.05) is 32.0 Å². The van der Waals surface area contributed by atoms with Gasteiger partial charge in [-0.05, 0) is 24.3 Å². The van der Waals surface area contributed by atoms with Crippen LogP contribution in [0.5, 0.6) is 5.75 Å². The molecule has 0 spiro atoms.